The topological polar surface area (TPSA) is 24.9 Å². The fourth-order valence-electron chi connectivity index (χ4n) is 1.67. The van der Waals surface area contributed by atoms with Crippen molar-refractivity contribution in [2.75, 3.05) is 6.54 Å². The quantitative estimate of drug-likeness (QED) is 0.780. The van der Waals surface area contributed by atoms with E-state index in [1.165, 1.54) is 12.8 Å². The Morgan fingerprint density at radius 2 is 2.12 bits per heavy atom. The van der Waals surface area contributed by atoms with Crippen LogP contribution in [0.1, 0.15) is 51.3 Å². The molecule has 3 heteroatoms. The maximum absolute atomic E-state index is 5.84. The Labute approximate surface area is 103 Å². The highest BCUT2D eigenvalue weighted by molar-refractivity contribution is 6.30. The zero-order chi connectivity index (χ0) is 11.8. The summed E-state index contributed by atoms with van der Waals surface area (Å²) in [6, 6.07) is 4.30. The first-order chi connectivity index (χ1) is 7.77. The highest BCUT2D eigenvalue weighted by Gasteiger charge is 2.10. The number of pyridine rings is 1. The van der Waals surface area contributed by atoms with Crippen molar-refractivity contribution in [3.63, 3.8) is 0 Å². The molecule has 0 bridgehead atoms. The average molecular weight is 241 g/mol. The number of unbranched alkanes of at least 4 members (excludes halogenated alkanes) is 1. The third kappa shape index (κ3) is 4.50. The first-order valence-electron chi connectivity index (χ1n) is 6.12. The van der Waals surface area contributed by atoms with E-state index >= 15 is 0 Å². The summed E-state index contributed by atoms with van der Waals surface area (Å²) in [5, 5.41) is 4.24. The Hall–Kier alpha value is -0.600. The van der Waals surface area contributed by atoms with Gasteiger partial charge in [-0.3, -0.25) is 4.98 Å². The van der Waals surface area contributed by atoms with Crippen molar-refractivity contribution >= 4 is 11.6 Å². The zero-order valence-corrected chi connectivity index (χ0v) is 10.9. The summed E-state index contributed by atoms with van der Waals surface area (Å²) >= 11 is 5.84. The van der Waals surface area contributed by atoms with E-state index in [1.54, 1.807) is 6.20 Å². The second-order valence-electron chi connectivity index (χ2n) is 4.05. The van der Waals surface area contributed by atoms with E-state index in [-0.39, 0.29) is 0 Å². The van der Waals surface area contributed by atoms with Crippen LogP contribution in [-0.4, -0.2) is 11.5 Å². The minimum atomic E-state index is 0.372. The van der Waals surface area contributed by atoms with Gasteiger partial charge < -0.3 is 5.32 Å². The number of hydrogen-bond donors (Lipinski definition) is 1. The van der Waals surface area contributed by atoms with Crippen LogP contribution in [0.25, 0.3) is 0 Å². The second-order valence-corrected chi connectivity index (χ2v) is 4.49. The first-order valence-corrected chi connectivity index (χ1v) is 6.50. The first kappa shape index (κ1) is 13.5. The summed E-state index contributed by atoms with van der Waals surface area (Å²) < 4.78 is 0. The molecule has 0 aromatic carbocycles. The lowest BCUT2D eigenvalue weighted by Gasteiger charge is -2.17. The van der Waals surface area contributed by atoms with Crippen LogP contribution in [0.4, 0.5) is 0 Å². The van der Waals surface area contributed by atoms with Crippen LogP contribution in [-0.2, 0) is 0 Å². The third-order valence-electron chi connectivity index (χ3n) is 2.59. The van der Waals surface area contributed by atoms with Crippen LogP contribution in [0.15, 0.2) is 18.3 Å². The van der Waals surface area contributed by atoms with Gasteiger partial charge in [-0.15, -0.1) is 0 Å². The number of nitrogens with one attached hydrogen (secondary N) is 1. The lowest BCUT2D eigenvalue weighted by Crippen LogP contribution is -2.22. The normalized spacial score (nSPS) is 12.7. The lowest BCUT2D eigenvalue weighted by molar-refractivity contribution is 0.472. The molecule has 2 nitrogen and oxygen atoms in total. The third-order valence-corrected chi connectivity index (χ3v) is 2.82. The van der Waals surface area contributed by atoms with Gasteiger partial charge in [0, 0.05) is 12.2 Å². The highest BCUT2D eigenvalue weighted by Crippen LogP contribution is 2.18. The molecule has 0 radical (unpaired) electrons. The van der Waals surface area contributed by atoms with Crippen molar-refractivity contribution in [1.82, 2.24) is 10.3 Å². The number of halogens is 1. The molecule has 0 aliphatic carbocycles. The molecule has 0 aliphatic heterocycles. The van der Waals surface area contributed by atoms with E-state index in [0.29, 0.717) is 11.1 Å². The van der Waals surface area contributed by atoms with Crippen molar-refractivity contribution in [1.29, 1.82) is 0 Å². The Morgan fingerprint density at radius 3 is 2.69 bits per heavy atom. The molecule has 90 valence electrons. The SMILES string of the molecule is CCCCC(NCCC)c1ccc(Cl)cn1. The van der Waals surface area contributed by atoms with Crippen molar-refractivity contribution in [3.05, 3.63) is 29.0 Å². The van der Waals surface area contributed by atoms with Crippen LogP contribution < -0.4 is 5.32 Å². The van der Waals surface area contributed by atoms with Crippen LogP contribution in [0.5, 0.6) is 0 Å². The maximum atomic E-state index is 5.84. The molecule has 0 aliphatic rings. The van der Waals surface area contributed by atoms with Gasteiger partial charge in [-0.05, 0) is 31.5 Å². The van der Waals surface area contributed by atoms with Gasteiger partial charge in [-0.2, -0.15) is 0 Å². The molecular weight excluding hydrogens is 220 g/mol. The van der Waals surface area contributed by atoms with Gasteiger partial charge in [0.1, 0.15) is 0 Å². The van der Waals surface area contributed by atoms with Gasteiger partial charge in [0.2, 0.25) is 0 Å². The lowest BCUT2D eigenvalue weighted by atomic mass is 10.1. The number of hydrogen-bond acceptors (Lipinski definition) is 2. The van der Waals surface area contributed by atoms with Gasteiger partial charge in [0.25, 0.3) is 0 Å². The minimum absolute atomic E-state index is 0.372. The summed E-state index contributed by atoms with van der Waals surface area (Å²) in [5.41, 5.74) is 1.10. The molecule has 16 heavy (non-hydrogen) atoms. The van der Waals surface area contributed by atoms with Crippen molar-refractivity contribution < 1.29 is 0 Å². The molecule has 1 N–H and O–H groups in total. The van der Waals surface area contributed by atoms with Gasteiger partial charge in [-0.1, -0.05) is 38.3 Å². The highest BCUT2D eigenvalue weighted by atomic mass is 35.5. The van der Waals surface area contributed by atoms with Gasteiger partial charge in [0.05, 0.1) is 10.7 Å². The molecule has 0 saturated heterocycles. The molecule has 1 unspecified atom stereocenters. The van der Waals surface area contributed by atoms with E-state index in [4.69, 9.17) is 11.6 Å². The molecule has 1 rings (SSSR count). The number of aromatic nitrogens is 1. The summed E-state index contributed by atoms with van der Waals surface area (Å²) in [4.78, 5) is 4.39. The molecule has 0 amide bonds. The van der Waals surface area contributed by atoms with Crippen molar-refractivity contribution in [3.8, 4) is 0 Å². The minimum Gasteiger partial charge on any atom is -0.309 e. The number of nitrogens with zero attached hydrogens (tertiary/aromatic N) is 1. The Morgan fingerprint density at radius 1 is 1.31 bits per heavy atom. The average Bonchev–Trinajstić information content (AvgIpc) is 2.31. The largest absolute Gasteiger partial charge is 0.309 e. The molecule has 0 spiro atoms. The van der Waals surface area contributed by atoms with Gasteiger partial charge >= 0.3 is 0 Å². The van der Waals surface area contributed by atoms with Gasteiger partial charge in [-0.25, -0.2) is 0 Å². The Balaban J connectivity index is 2.62. The van der Waals surface area contributed by atoms with Gasteiger partial charge in [0.15, 0.2) is 0 Å². The van der Waals surface area contributed by atoms with E-state index in [9.17, 15) is 0 Å². The fourth-order valence-corrected chi connectivity index (χ4v) is 1.79. The summed E-state index contributed by atoms with van der Waals surface area (Å²) in [5.74, 6) is 0. The van der Waals surface area contributed by atoms with E-state index in [0.717, 1.165) is 25.1 Å². The summed E-state index contributed by atoms with van der Waals surface area (Å²) in [7, 11) is 0. The fraction of sp³-hybridized carbons (Fsp3) is 0.615. The van der Waals surface area contributed by atoms with E-state index < -0.39 is 0 Å². The monoisotopic (exact) mass is 240 g/mol. The van der Waals surface area contributed by atoms with E-state index in [2.05, 4.69) is 24.1 Å². The zero-order valence-electron chi connectivity index (χ0n) is 10.2. The number of rotatable bonds is 7. The molecule has 1 heterocycles. The summed E-state index contributed by atoms with van der Waals surface area (Å²) in [6.07, 6.45) is 6.47. The summed E-state index contributed by atoms with van der Waals surface area (Å²) in [6.45, 7) is 5.43. The van der Waals surface area contributed by atoms with Crippen LogP contribution >= 0.6 is 11.6 Å². The molecular formula is C13H21ClN2. The molecule has 0 fully saturated rings. The molecule has 1 atom stereocenters. The predicted octanol–water partition coefficient (Wildman–Crippen LogP) is 3.97. The Bertz CT molecular complexity index is 276. The smallest absolute Gasteiger partial charge is 0.0589 e. The van der Waals surface area contributed by atoms with E-state index in [1.807, 2.05) is 12.1 Å². The standard InChI is InChI=1S/C13H21ClN2/c1-3-5-6-12(15-9-4-2)13-8-7-11(14)10-16-13/h7-8,10,12,15H,3-6,9H2,1-2H3. The van der Waals surface area contributed by atoms with Crippen molar-refractivity contribution in [2.45, 2.75) is 45.6 Å². The molecule has 0 saturated carbocycles. The Kier molecular flexibility index (Phi) is 6.43. The second kappa shape index (κ2) is 7.64. The van der Waals surface area contributed by atoms with Crippen LogP contribution in [0.3, 0.4) is 0 Å². The molecule has 1 aromatic heterocycles. The van der Waals surface area contributed by atoms with Crippen molar-refractivity contribution in [2.24, 2.45) is 0 Å². The predicted molar refractivity (Wildman–Crippen MR) is 69.8 cm³/mol. The van der Waals surface area contributed by atoms with Crippen LogP contribution in [0, 0.1) is 0 Å². The molecule has 1 aromatic rings. The maximum Gasteiger partial charge on any atom is 0.0589 e. The van der Waals surface area contributed by atoms with Crippen LogP contribution in [0.2, 0.25) is 5.02 Å².